The van der Waals surface area contributed by atoms with Crippen molar-refractivity contribution < 1.29 is 13.9 Å². The Kier molecular flexibility index (Phi) is 6.00. The molecule has 2 fully saturated rings. The zero-order valence-corrected chi connectivity index (χ0v) is 21.1. The topological polar surface area (TPSA) is 106 Å². The maximum absolute atomic E-state index is 14.8. The number of hydrogen-bond donors (Lipinski definition) is 2. The molecule has 1 amide bonds. The molecule has 0 saturated carbocycles. The number of anilines is 1. The molecule has 2 aromatic carbocycles. The number of carbonyl (C=O) groups is 1. The molecule has 0 unspecified atom stereocenters. The van der Waals surface area contributed by atoms with Crippen molar-refractivity contribution in [2.45, 2.75) is 25.4 Å². The number of fused-ring (bicyclic) bond motifs is 2. The summed E-state index contributed by atoms with van der Waals surface area (Å²) in [7, 11) is 1.44. The van der Waals surface area contributed by atoms with E-state index in [1.807, 2.05) is 31.2 Å². The van der Waals surface area contributed by atoms with Crippen LogP contribution >= 0.6 is 0 Å². The number of halogens is 1. The van der Waals surface area contributed by atoms with Crippen molar-refractivity contribution in [2.75, 3.05) is 25.1 Å². The maximum Gasteiger partial charge on any atom is 0.268 e. The van der Waals surface area contributed by atoms with Crippen molar-refractivity contribution in [1.82, 2.24) is 20.3 Å². The second-order valence-corrected chi connectivity index (χ2v) is 9.65. The van der Waals surface area contributed by atoms with Crippen LogP contribution in [0.15, 0.2) is 60.9 Å². The minimum absolute atomic E-state index is 0.0225. The predicted molar refractivity (Wildman–Crippen MR) is 143 cm³/mol. The van der Waals surface area contributed by atoms with E-state index >= 15 is 0 Å². The Morgan fingerprint density at radius 3 is 2.71 bits per heavy atom. The lowest BCUT2D eigenvalue weighted by molar-refractivity contribution is 0.0996. The summed E-state index contributed by atoms with van der Waals surface area (Å²) >= 11 is 0. The number of ether oxygens (including phenoxy) is 1. The van der Waals surface area contributed by atoms with Crippen LogP contribution in [0.4, 0.5) is 10.1 Å². The number of amides is 1. The van der Waals surface area contributed by atoms with Gasteiger partial charge in [0, 0.05) is 65.6 Å². The van der Waals surface area contributed by atoms with Gasteiger partial charge in [0.1, 0.15) is 17.3 Å². The minimum atomic E-state index is -0.721. The highest BCUT2D eigenvalue weighted by molar-refractivity contribution is 6.00. The van der Waals surface area contributed by atoms with E-state index in [2.05, 4.69) is 31.2 Å². The van der Waals surface area contributed by atoms with Gasteiger partial charge in [-0.3, -0.25) is 9.78 Å². The van der Waals surface area contributed by atoms with Gasteiger partial charge in [0.15, 0.2) is 5.82 Å². The standard InChI is InChI=1S/C29H27FN6O2/c1-16-20(5-4-10-32-16)17-8-9-21(24(11-17)36-15-18-12-19(36)13-33-18)22-14-34-29(35-27(22)28(31)37)26-23(30)6-3-7-25(26)38-2/h3-11,14,18-19,33H,12-13,15H2,1-2H3,(H2,31,37)/t18-,19-/m0/s1. The summed E-state index contributed by atoms with van der Waals surface area (Å²) in [5.41, 5.74) is 11.2. The van der Waals surface area contributed by atoms with E-state index in [-0.39, 0.29) is 22.8 Å². The first-order valence-corrected chi connectivity index (χ1v) is 12.5. The Bertz CT molecular complexity index is 1560. The van der Waals surface area contributed by atoms with Crippen molar-refractivity contribution in [3.63, 3.8) is 0 Å². The molecule has 8 nitrogen and oxygen atoms in total. The van der Waals surface area contributed by atoms with Crippen LogP contribution in [-0.2, 0) is 0 Å². The Labute approximate surface area is 219 Å². The molecular weight excluding hydrogens is 483 g/mol. The number of rotatable bonds is 6. The van der Waals surface area contributed by atoms with Gasteiger partial charge in [-0.05, 0) is 43.2 Å². The molecule has 9 heteroatoms. The second-order valence-electron chi connectivity index (χ2n) is 9.65. The molecular formula is C29H27FN6O2. The van der Waals surface area contributed by atoms with E-state index in [4.69, 9.17) is 10.5 Å². The summed E-state index contributed by atoms with van der Waals surface area (Å²) in [5, 5.41) is 3.54. The summed E-state index contributed by atoms with van der Waals surface area (Å²) in [6.07, 6.45) is 4.39. The van der Waals surface area contributed by atoms with Gasteiger partial charge >= 0.3 is 0 Å². The number of piperazine rings is 1. The van der Waals surface area contributed by atoms with E-state index in [0.29, 0.717) is 17.6 Å². The van der Waals surface area contributed by atoms with E-state index in [9.17, 15) is 9.18 Å². The third-order valence-corrected chi connectivity index (χ3v) is 7.41. The van der Waals surface area contributed by atoms with Crippen molar-refractivity contribution >= 4 is 11.6 Å². The lowest BCUT2D eigenvalue weighted by Gasteiger charge is -2.32. The Morgan fingerprint density at radius 1 is 1.13 bits per heavy atom. The molecule has 0 spiro atoms. The average molecular weight is 511 g/mol. The van der Waals surface area contributed by atoms with Gasteiger partial charge in [-0.2, -0.15) is 0 Å². The van der Waals surface area contributed by atoms with Gasteiger partial charge in [-0.1, -0.05) is 24.3 Å². The summed E-state index contributed by atoms with van der Waals surface area (Å²) in [6, 6.07) is 15.3. The van der Waals surface area contributed by atoms with Crippen LogP contribution in [0.2, 0.25) is 0 Å². The maximum atomic E-state index is 14.8. The van der Waals surface area contributed by atoms with Crippen LogP contribution in [-0.4, -0.2) is 53.1 Å². The molecule has 0 radical (unpaired) electrons. The fourth-order valence-corrected chi connectivity index (χ4v) is 5.59. The molecule has 192 valence electrons. The smallest absolute Gasteiger partial charge is 0.268 e. The third kappa shape index (κ3) is 4.05. The molecule has 0 aliphatic carbocycles. The van der Waals surface area contributed by atoms with Crippen LogP contribution in [0.25, 0.3) is 33.6 Å². The van der Waals surface area contributed by atoms with Crippen LogP contribution in [0.1, 0.15) is 22.6 Å². The van der Waals surface area contributed by atoms with Gasteiger partial charge < -0.3 is 20.7 Å². The zero-order valence-electron chi connectivity index (χ0n) is 21.1. The van der Waals surface area contributed by atoms with Crippen LogP contribution in [0, 0.1) is 12.7 Å². The number of carbonyl (C=O) groups excluding carboxylic acids is 1. The van der Waals surface area contributed by atoms with Crippen molar-refractivity contribution in [2.24, 2.45) is 5.73 Å². The lowest BCUT2D eigenvalue weighted by Crippen LogP contribution is -2.43. The van der Waals surface area contributed by atoms with Crippen LogP contribution in [0.5, 0.6) is 5.75 Å². The van der Waals surface area contributed by atoms with Crippen molar-refractivity contribution in [3.8, 4) is 39.4 Å². The number of nitrogens with zero attached hydrogens (tertiary/aromatic N) is 4. The highest BCUT2D eigenvalue weighted by Gasteiger charge is 2.39. The minimum Gasteiger partial charge on any atom is -0.496 e. The lowest BCUT2D eigenvalue weighted by atomic mass is 9.96. The monoisotopic (exact) mass is 510 g/mol. The van der Waals surface area contributed by atoms with E-state index in [0.717, 1.165) is 47.6 Å². The number of benzene rings is 2. The number of aromatic nitrogens is 3. The summed E-state index contributed by atoms with van der Waals surface area (Å²) in [4.78, 5) is 28.4. The number of nitrogens with one attached hydrogen (secondary N) is 1. The predicted octanol–water partition coefficient (Wildman–Crippen LogP) is 3.98. The molecule has 6 rings (SSSR count). The van der Waals surface area contributed by atoms with Gasteiger partial charge in [-0.25, -0.2) is 14.4 Å². The SMILES string of the molecule is COc1cccc(F)c1-c1ncc(-c2ccc(-c3cccnc3C)cc2N2C[C@@H]3C[C@H]2CN3)c(C(N)=O)n1. The highest BCUT2D eigenvalue weighted by Crippen LogP contribution is 2.41. The Hall–Kier alpha value is -4.37. The number of methoxy groups -OCH3 is 1. The highest BCUT2D eigenvalue weighted by atomic mass is 19.1. The summed E-state index contributed by atoms with van der Waals surface area (Å²) in [6.45, 7) is 3.73. The number of aryl methyl sites for hydroxylation is 1. The molecule has 2 saturated heterocycles. The van der Waals surface area contributed by atoms with Crippen molar-refractivity contribution in [1.29, 1.82) is 0 Å². The number of primary amides is 1. The van der Waals surface area contributed by atoms with Gasteiger partial charge in [0.2, 0.25) is 0 Å². The van der Waals surface area contributed by atoms with Crippen LogP contribution in [0.3, 0.4) is 0 Å². The number of nitrogens with two attached hydrogens (primary N) is 1. The van der Waals surface area contributed by atoms with Crippen LogP contribution < -0.4 is 20.7 Å². The first-order chi connectivity index (χ1) is 18.4. The first-order valence-electron chi connectivity index (χ1n) is 12.5. The molecule has 4 aromatic rings. The first kappa shape index (κ1) is 24.0. The number of pyridine rings is 1. The van der Waals surface area contributed by atoms with E-state index in [1.54, 1.807) is 18.5 Å². The average Bonchev–Trinajstić information content (AvgIpc) is 3.57. The Morgan fingerprint density at radius 2 is 2.00 bits per heavy atom. The largest absolute Gasteiger partial charge is 0.496 e. The fraction of sp³-hybridized carbons (Fsp3) is 0.241. The van der Waals surface area contributed by atoms with E-state index in [1.165, 1.54) is 19.2 Å². The molecule has 2 bridgehead atoms. The molecule has 2 aliphatic rings. The summed E-state index contributed by atoms with van der Waals surface area (Å²) < 4.78 is 20.1. The molecule has 38 heavy (non-hydrogen) atoms. The molecule has 2 atom stereocenters. The fourth-order valence-electron chi connectivity index (χ4n) is 5.59. The normalized spacial score (nSPS) is 18.1. The Balaban J connectivity index is 1.53. The van der Waals surface area contributed by atoms with Gasteiger partial charge in [0.25, 0.3) is 5.91 Å². The third-order valence-electron chi connectivity index (χ3n) is 7.41. The van der Waals surface area contributed by atoms with Gasteiger partial charge in [-0.15, -0.1) is 0 Å². The van der Waals surface area contributed by atoms with Gasteiger partial charge in [0.05, 0.1) is 12.7 Å². The molecule has 2 aliphatic heterocycles. The summed E-state index contributed by atoms with van der Waals surface area (Å²) in [5.74, 6) is -0.969. The van der Waals surface area contributed by atoms with E-state index < -0.39 is 11.7 Å². The molecule has 3 N–H and O–H groups in total. The molecule has 2 aromatic heterocycles. The second kappa shape index (κ2) is 9.50. The number of hydrogen-bond acceptors (Lipinski definition) is 7. The molecule has 4 heterocycles. The van der Waals surface area contributed by atoms with Crippen molar-refractivity contribution in [3.05, 3.63) is 78.1 Å². The quantitative estimate of drug-likeness (QED) is 0.404. The zero-order chi connectivity index (χ0) is 26.4.